The Morgan fingerprint density at radius 1 is 1.25 bits per heavy atom. The second kappa shape index (κ2) is 6.68. The molecule has 1 aliphatic heterocycles. The predicted molar refractivity (Wildman–Crippen MR) is 75.6 cm³/mol. The molecule has 0 aromatic carbocycles. The first kappa shape index (κ1) is 14.0. The van der Waals surface area contributed by atoms with Crippen molar-refractivity contribution < 1.29 is 9.26 Å². The van der Waals surface area contributed by atoms with Crippen LogP contribution < -0.4 is 5.32 Å². The van der Waals surface area contributed by atoms with Crippen molar-refractivity contribution in [2.45, 2.75) is 57.4 Å². The van der Waals surface area contributed by atoms with E-state index >= 15 is 0 Å². The lowest BCUT2D eigenvalue weighted by Gasteiger charge is -2.18. The highest BCUT2D eigenvalue weighted by atomic mass is 16.5. The second-order valence-corrected chi connectivity index (χ2v) is 6.04. The molecule has 0 bridgehead atoms. The highest BCUT2D eigenvalue weighted by molar-refractivity contribution is 4.99. The predicted octanol–water partition coefficient (Wildman–Crippen LogP) is 2.28. The zero-order chi connectivity index (χ0) is 13.8. The van der Waals surface area contributed by atoms with E-state index in [4.69, 9.17) is 9.26 Å². The van der Waals surface area contributed by atoms with E-state index in [1.807, 2.05) is 0 Å². The third-order valence-corrected chi connectivity index (χ3v) is 4.31. The zero-order valence-electron chi connectivity index (χ0n) is 12.3. The summed E-state index contributed by atoms with van der Waals surface area (Å²) in [5.74, 6) is 2.91. The minimum absolute atomic E-state index is 0.421. The molecular formula is C15H25N3O2. The third-order valence-electron chi connectivity index (χ3n) is 4.31. The zero-order valence-corrected chi connectivity index (χ0v) is 12.3. The maximum atomic E-state index is 5.46. The van der Waals surface area contributed by atoms with E-state index < -0.39 is 0 Å². The highest BCUT2D eigenvalue weighted by Gasteiger charge is 2.32. The Bertz CT molecular complexity index is 411. The van der Waals surface area contributed by atoms with Crippen LogP contribution in [-0.4, -0.2) is 35.9 Å². The number of hydrogen-bond donors (Lipinski definition) is 1. The van der Waals surface area contributed by atoms with Crippen LogP contribution in [0, 0.1) is 5.92 Å². The maximum Gasteiger partial charge on any atom is 0.228 e. The van der Waals surface area contributed by atoms with Crippen molar-refractivity contribution >= 4 is 0 Å². The van der Waals surface area contributed by atoms with Gasteiger partial charge in [-0.2, -0.15) is 4.98 Å². The molecule has 1 N–H and O–H groups in total. The van der Waals surface area contributed by atoms with Gasteiger partial charge in [0.25, 0.3) is 0 Å². The first-order valence-corrected chi connectivity index (χ1v) is 8.00. The Kier molecular flexibility index (Phi) is 4.68. The van der Waals surface area contributed by atoms with Crippen molar-refractivity contribution in [1.29, 1.82) is 0 Å². The molecule has 0 spiro atoms. The van der Waals surface area contributed by atoms with Gasteiger partial charge in [-0.25, -0.2) is 0 Å². The molecule has 1 saturated heterocycles. The summed E-state index contributed by atoms with van der Waals surface area (Å²) < 4.78 is 10.8. The molecule has 5 nitrogen and oxygen atoms in total. The van der Waals surface area contributed by atoms with Gasteiger partial charge in [-0.15, -0.1) is 0 Å². The van der Waals surface area contributed by atoms with Crippen LogP contribution in [0.15, 0.2) is 4.52 Å². The van der Waals surface area contributed by atoms with E-state index in [9.17, 15) is 0 Å². The molecule has 20 heavy (non-hydrogen) atoms. The molecule has 1 aromatic heterocycles. The number of nitrogens with one attached hydrogen (secondary N) is 1. The average molecular weight is 279 g/mol. The Balaban J connectivity index is 1.57. The van der Waals surface area contributed by atoms with Crippen LogP contribution in [0.5, 0.6) is 0 Å². The van der Waals surface area contributed by atoms with Gasteiger partial charge in [-0.05, 0) is 44.6 Å². The molecule has 1 aliphatic carbocycles. The van der Waals surface area contributed by atoms with Crippen molar-refractivity contribution in [3.05, 3.63) is 11.7 Å². The Labute approximate surface area is 120 Å². The summed E-state index contributed by atoms with van der Waals surface area (Å²) in [7, 11) is 0. The van der Waals surface area contributed by atoms with Gasteiger partial charge in [-0.1, -0.05) is 12.1 Å². The van der Waals surface area contributed by atoms with E-state index in [1.54, 1.807) is 0 Å². The summed E-state index contributed by atoms with van der Waals surface area (Å²) in [5.41, 5.74) is 0. The molecule has 2 heterocycles. The van der Waals surface area contributed by atoms with Gasteiger partial charge in [0.05, 0.1) is 0 Å². The highest BCUT2D eigenvalue weighted by Crippen LogP contribution is 2.34. The number of hydrogen-bond acceptors (Lipinski definition) is 5. The minimum atomic E-state index is 0.421. The molecule has 0 amide bonds. The van der Waals surface area contributed by atoms with Crippen LogP contribution in [0.3, 0.4) is 0 Å². The van der Waals surface area contributed by atoms with E-state index in [1.165, 1.54) is 19.3 Å². The molecular weight excluding hydrogens is 254 g/mol. The van der Waals surface area contributed by atoms with Gasteiger partial charge in [-0.3, -0.25) is 0 Å². The van der Waals surface area contributed by atoms with Crippen LogP contribution in [-0.2, 0) is 11.2 Å². The lowest BCUT2D eigenvalue weighted by Crippen LogP contribution is -2.33. The number of ether oxygens (including phenoxy) is 1. The fourth-order valence-electron chi connectivity index (χ4n) is 2.89. The van der Waals surface area contributed by atoms with Crippen molar-refractivity contribution in [3.63, 3.8) is 0 Å². The van der Waals surface area contributed by atoms with E-state index in [0.717, 1.165) is 56.7 Å². The van der Waals surface area contributed by atoms with Crippen molar-refractivity contribution in [3.8, 4) is 0 Å². The summed E-state index contributed by atoms with van der Waals surface area (Å²) in [4.78, 5) is 4.62. The lowest BCUT2D eigenvalue weighted by atomic mass is 10.00. The molecule has 2 aliphatic rings. The minimum Gasteiger partial charge on any atom is -0.381 e. The molecule has 112 valence electrons. The normalized spacial score (nSPS) is 22.1. The van der Waals surface area contributed by atoms with Gasteiger partial charge in [0.15, 0.2) is 5.82 Å². The fraction of sp³-hybridized carbons (Fsp3) is 0.867. The SMILES string of the molecule is CCCNC(Cc1nc(C2CCOCC2)no1)C1CC1. The second-order valence-electron chi connectivity index (χ2n) is 6.04. The molecule has 1 unspecified atom stereocenters. The quantitative estimate of drug-likeness (QED) is 0.829. The maximum absolute atomic E-state index is 5.46. The summed E-state index contributed by atoms with van der Waals surface area (Å²) in [6.45, 7) is 4.91. The Hall–Kier alpha value is -0.940. The Morgan fingerprint density at radius 3 is 2.75 bits per heavy atom. The molecule has 3 rings (SSSR count). The molecule has 1 saturated carbocycles. The average Bonchev–Trinajstić information content (AvgIpc) is 3.23. The van der Waals surface area contributed by atoms with E-state index in [2.05, 4.69) is 22.4 Å². The summed E-state index contributed by atoms with van der Waals surface area (Å²) in [6, 6.07) is 0.512. The van der Waals surface area contributed by atoms with Crippen molar-refractivity contribution in [2.24, 2.45) is 5.92 Å². The topological polar surface area (TPSA) is 60.2 Å². The monoisotopic (exact) mass is 279 g/mol. The number of aromatic nitrogens is 2. The molecule has 0 radical (unpaired) electrons. The summed E-state index contributed by atoms with van der Waals surface area (Å²) in [5, 5.41) is 7.80. The van der Waals surface area contributed by atoms with Crippen LogP contribution in [0.1, 0.15) is 56.7 Å². The summed E-state index contributed by atoms with van der Waals surface area (Å²) in [6.07, 6.45) is 6.74. The smallest absolute Gasteiger partial charge is 0.228 e. The third kappa shape index (κ3) is 3.58. The van der Waals surface area contributed by atoms with Gasteiger partial charge < -0.3 is 14.6 Å². The molecule has 1 atom stereocenters. The van der Waals surface area contributed by atoms with Crippen LogP contribution in [0.2, 0.25) is 0 Å². The van der Waals surface area contributed by atoms with Crippen LogP contribution >= 0.6 is 0 Å². The van der Waals surface area contributed by atoms with Crippen LogP contribution in [0.4, 0.5) is 0 Å². The lowest BCUT2D eigenvalue weighted by molar-refractivity contribution is 0.0830. The van der Waals surface area contributed by atoms with E-state index in [-0.39, 0.29) is 0 Å². The Morgan fingerprint density at radius 2 is 2.05 bits per heavy atom. The molecule has 1 aromatic rings. The van der Waals surface area contributed by atoms with E-state index in [0.29, 0.717) is 12.0 Å². The van der Waals surface area contributed by atoms with Crippen LogP contribution in [0.25, 0.3) is 0 Å². The first-order valence-electron chi connectivity index (χ1n) is 8.00. The molecule has 2 fully saturated rings. The van der Waals surface area contributed by atoms with Gasteiger partial charge >= 0.3 is 0 Å². The number of rotatable bonds is 7. The summed E-state index contributed by atoms with van der Waals surface area (Å²) >= 11 is 0. The van der Waals surface area contributed by atoms with Crippen molar-refractivity contribution in [2.75, 3.05) is 19.8 Å². The largest absolute Gasteiger partial charge is 0.381 e. The standard InChI is InChI=1S/C15H25N3O2/c1-2-7-16-13(11-3-4-11)10-14-17-15(18-20-14)12-5-8-19-9-6-12/h11-13,16H,2-10H2,1H3. The van der Waals surface area contributed by atoms with Gasteiger partial charge in [0, 0.05) is 31.6 Å². The number of nitrogens with zero attached hydrogens (tertiary/aromatic N) is 2. The van der Waals surface area contributed by atoms with Gasteiger partial charge in [0.2, 0.25) is 5.89 Å². The molecule has 5 heteroatoms. The van der Waals surface area contributed by atoms with Gasteiger partial charge in [0.1, 0.15) is 0 Å². The van der Waals surface area contributed by atoms with Crippen molar-refractivity contribution in [1.82, 2.24) is 15.5 Å². The fourth-order valence-corrected chi connectivity index (χ4v) is 2.89. The first-order chi connectivity index (χ1) is 9.86.